The SMILES string of the molecule is CC(=CC(=O)N(C1CC1)C1CCc2ccccc21)c1ccccc1. The van der Waals surface area contributed by atoms with Crippen molar-refractivity contribution in [1.29, 1.82) is 0 Å². The standard InChI is InChI=1S/C22H23NO/c1-16(17-7-3-2-4-8-17)15-22(24)23(19-12-13-19)21-14-11-18-9-5-6-10-20(18)21/h2-10,15,19,21H,11-14H2,1H3. The van der Waals surface area contributed by atoms with Crippen molar-refractivity contribution in [2.45, 2.75) is 44.7 Å². The van der Waals surface area contributed by atoms with Crippen LogP contribution in [0.15, 0.2) is 60.7 Å². The summed E-state index contributed by atoms with van der Waals surface area (Å²) in [5.41, 5.74) is 4.92. The molecule has 2 nitrogen and oxygen atoms in total. The lowest BCUT2D eigenvalue weighted by atomic mass is 10.0. The number of hydrogen-bond donors (Lipinski definition) is 0. The summed E-state index contributed by atoms with van der Waals surface area (Å²) in [6.07, 6.45) is 6.25. The molecule has 2 heteroatoms. The number of hydrogen-bond acceptors (Lipinski definition) is 1. The average molecular weight is 317 g/mol. The maximum absolute atomic E-state index is 13.1. The van der Waals surface area contributed by atoms with E-state index in [0.717, 1.165) is 36.8 Å². The molecule has 122 valence electrons. The largest absolute Gasteiger partial charge is 0.329 e. The van der Waals surface area contributed by atoms with E-state index < -0.39 is 0 Å². The molecule has 1 unspecified atom stereocenters. The third-order valence-corrected chi connectivity index (χ3v) is 5.20. The second-order valence-electron chi connectivity index (χ2n) is 6.92. The Kier molecular flexibility index (Phi) is 3.97. The Bertz CT molecular complexity index is 774. The maximum atomic E-state index is 13.1. The molecular weight excluding hydrogens is 294 g/mol. The van der Waals surface area contributed by atoms with Gasteiger partial charge in [-0.15, -0.1) is 0 Å². The Hall–Kier alpha value is -2.35. The molecule has 24 heavy (non-hydrogen) atoms. The zero-order valence-corrected chi connectivity index (χ0v) is 14.1. The summed E-state index contributed by atoms with van der Waals surface area (Å²) in [5.74, 6) is 0.167. The normalized spacial score (nSPS) is 19.9. The number of carbonyl (C=O) groups excluding carboxylic acids is 1. The van der Waals surface area contributed by atoms with Crippen LogP contribution in [0.5, 0.6) is 0 Å². The molecule has 0 saturated heterocycles. The summed E-state index contributed by atoms with van der Waals surface area (Å²) in [4.78, 5) is 15.2. The minimum absolute atomic E-state index is 0.167. The minimum atomic E-state index is 0.167. The smallest absolute Gasteiger partial charge is 0.247 e. The van der Waals surface area contributed by atoms with Gasteiger partial charge in [-0.1, -0.05) is 54.6 Å². The summed E-state index contributed by atoms with van der Waals surface area (Å²) in [6.45, 7) is 2.03. The molecule has 0 aromatic heterocycles. The quantitative estimate of drug-likeness (QED) is 0.744. The van der Waals surface area contributed by atoms with Crippen LogP contribution in [0.1, 0.15) is 48.9 Å². The molecule has 2 aromatic carbocycles. The molecule has 2 aliphatic carbocycles. The first-order valence-electron chi connectivity index (χ1n) is 8.88. The van der Waals surface area contributed by atoms with E-state index in [2.05, 4.69) is 41.3 Å². The second-order valence-corrected chi connectivity index (χ2v) is 6.92. The van der Waals surface area contributed by atoms with Gasteiger partial charge in [0.2, 0.25) is 5.91 Å². The molecule has 0 spiro atoms. The highest BCUT2D eigenvalue weighted by Gasteiger charge is 2.39. The monoisotopic (exact) mass is 317 g/mol. The topological polar surface area (TPSA) is 20.3 Å². The minimum Gasteiger partial charge on any atom is -0.329 e. The van der Waals surface area contributed by atoms with Crippen molar-refractivity contribution in [1.82, 2.24) is 4.90 Å². The highest BCUT2D eigenvalue weighted by Crippen LogP contribution is 2.42. The van der Waals surface area contributed by atoms with E-state index in [4.69, 9.17) is 0 Å². The first-order valence-corrected chi connectivity index (χ1v) is 8.88. The lowest BCUT2D eigenvalue weighted by Crippen LogP contribution is -2.34. The zero-order valence-electron chi connectivity index (χ0n) is 14.1. The number of rotatable bonds is 4. The van der Waals surface area contributed by atoms with Crippen molar-refractivity contribution >= 4 is 11.5 Å². The summed E-state index contributed by atoms with van der Waals surface area (Å²) in [6, 6.07) is 19.4. The van der Waals surface area contributed by atoms with E-state index in [-0.39, 0.29) is 11.9 Å². The molecule has 1 saturated carbocycles. The van der Waals surface area contributed by atoms with E-state index in [0.29, 0.717) is 6.04 Å². The predicted molar refractivity (Wildman–Crippen MR) is 97.5 cm³/mol. The number of allylic oxidation sites excluding steroid dienone is 1. The van der Waals surface area contributed by atoms with Crippen LogP contribution >= 0.6 is 0 Å². The Morgan fingerprint density at radius 1 is 1.00 bits per heavy atom. The van der Waals surface area contributed by atoms with Crippen molar-refractivity contribution in [3.63, 3.8) is 0 Å². The van der Waals surface area contributed by atoms with E-state index in [1.165, 1.54) is 11.1 Å². The Labute approximate surface area is 143 Å². The lowest BCUT2D eigenvalue weighted by molar-refractivity contribution is -0.129. The van der Waals surface area contributed by atoms with Gasteiger partial charge in [0.05, 0.1) is 6.04 Å². The summed E-state index contributed by atoms with van der Waals surface area (Å²) >= 11 is 0. The number of carbonyl (C=O) groups is 1. The fourth-order valence-electron chi connectivity index (χ4n) is 3.81. The Balaban J connectivity index is 1.62. The van der Waals surface area contributed by atoms with Gasteiger partial charge in [0.15, 0.2) is 0 Å². The predicted octanol–water partition coefficient (Wildman–Crippen LogP) is 4.77. The van der Waals surface area contributed by atoms with Crippen LogP contribution in [-0.4, -0.2) is 16.8 Å². The molecule has 0 aliphatic heterocycles. The van der Waals surface area contributed by atoms with Crippen molar-refractivity contribution < 1.29 is 4.79 Å². The molecule has 2 aromatic rings. The van der Waals surface area contributed by atoms with E-state index in [9.17, 15) is 4.79 Å². The van der Waals surface area contributed by atoms with Gasteiger partial charge >= 0.3 is 0 Å². The van der Waals surface area contributed by atoms with Gasteiger partial charge in [0.25, 0.3) is 0 Å². The first kappa shape index (κ1) is 15.2. The number of aryl methyl sites for hydroxylation is 1. The number of amides is 1. The molecule has 2 aliphatic rings. The molecule has 0 radical (unpaired) electrons. The van der Waals surface area contributed by atoms with Crippen molar-refractivity contribution in [3.8, 4) is 0 Å². The number of benzene rings is 2. The van der Waals surface area contributed by atoms with Gasteiger partial charge in [0, 0.05) is 12.1 Å². The van der Waals surface area contributed by atoms with E-state index in [1.807, 2.05) is 31.2 Å². The molecule has 0 bridgehead atoms. The maximum Gasteiger partial charge on any atom is 0.247 e. The Morgan fingerprint density at radius 2 is 1.71 bits per heavy atom. The molecular formula is C22H23NO. The van der Waals surface area contributed by atoms with Crippen LogP contribution in [0.2, 0.25) is 0 Å². The molecule has 1 atom stereocenters. The van der Waals surface area contributed by atoms with Crippen molar-refractivity contribution in [3.05, 3.63) is 77.4 Å². The van der Waals surface area contributed by atoms with Gasteiger partial charge in [-0.25, -0.2) is 0 Å². The fourth-order valence-corrected chi connectivity index (χ4v) is 3.81. The average Bonchev–Trinajstić information content (AvgIpc) is 3.36. The van der Waals surface area contributed by atoms with Gasteiger partial charge in [0.1, 0.15) is 0 Å². The van der Waals surface area contributed by atoms with E-state index >= 15 is 0 Å². The number of nitrogens with zero attached hydrogens (tertiary/aromatic N) is 1. The Morgan fingerprint density at radius 3 is 2.46 bits per heavy atom. The summed E-state index contributed by atoms with van der Waals surface area (Å²) in [5, 5.41) is 0. The van der Waals surface area contributed by atoms with Crippen LogP contribution in [-0.2, 0) is 11.2 Å². The molecule has 0 N–H and O–H groups in total. The van der Waals surface area contributed by atoms with Crippen LogP contribution < -0.4 is 0 Å². The zero-order chi connectivity index (χ0) is 16.5. The molecule has 0 heterocycles. The van der Waals surface area contributed by atoms with Crippen LogP contribution in [0.4, 0.5) is 0 Å². The summed E-state index contributed by atoms with van der Waals surface area (Å²) in [7, 11) is 0. The molecule has 1 fully saturated rings. The van der Waals surface area contributed by atoms with Gasteiger partial charge in [-0.05, 0) is 54.9 Å². The van der Waals surface area contributed by atoms with Gasteiger partial charge < -0.3 is 4.90 Å². The third-order valence-electron chi connectivity index (χ3n) is 5.20. The highest BCUT2D eigenvalue weighted by atomic mass is 16.2. The van der Waals surface area contributed by atoms with Crippen LogP contribution in [0.25, 0.3) is 5.57 Å². The molecule has 1 amide bonds. The molecule has 4 rings (SSSR count). The van der Waals surface area contributed by atoms with Crippen LogP contribution in [0, 0.1) is 0 Å². The lowest BCUT2D eigenvalue weighted by Gasteiger charge is -2.29. The van der Waals surface area contributed by atoms with Gasteiger partial charge in [-0.2, -0.15) is 0 Å². The fraction of sp³-hybridized carbons (Fsp3) is 0.318. The third kappa shape index (κ3) is 2.89. The first-order chi connectivity index (χ1) is 11.7. The highest BCUT2D eigenvalue weighted by molar-refractivity contribution is 5.95. The van der Waals surface area contributed by atoms with Crippen molar-refractivity contribution in [2.24, 2.45) is 0 Å². The number of fused-ring (bicyclic) bond motifs is 1. The van der Waals surface area contributed by atoms with Crippen LogP contribution in [0.3, 0.4) is 0 Å². The van der Waals surface area contributed by atoms with E-state index in [1.54, 1.807) is 0 Å². The second kappa shape index (κ2) is 6.27. The summed E-state index contributed by atoms with van der Waals surface area (Å²) < 4.78 is 0. The van der Waals surface area contributed by atoms with Gasteiger partial charge in [-0.3, -0.25) is 4.79 Å². The van der Waals surface area contributed by atoms with Crippen molar-refractivity contribution in [2.75, 3.05) is 0 Å².